The Hall–Kier alpha value is -2.01. The second kappa shape index (κ2) is 3.24. The van der Waals surface area contributed by atoms with Gasteiger partial charge in [0.25, 0.3) is 0 Å². The zero-order valence-electron chi connectivity index (χ0n) is 8.86. The molecule has 0 aliphatic heterocycles. The Labute approximate surface area is 101 Å². The largest absolute Gasteiger partial charge is 0.476 e. The number of nitrogens with one attached hydrogen (secondary N) is 1. The zero-order valence-corrected chi connectivity index (χ0v) is 9.62. The van der Waals surface area contributed by atoms with E-state index < -0.39 is 5.97 Å². The third kappa shape index (κ3) is 1.32. The molecule has 0 unspecified atom stereocenters. The van der Waals surface area contributed by atoms with Crippen LogP contribution in [0, 0.1) is 0 Å². The average Bonchev–Trinajstić information content (AvgIpc) is 2.76. The maximum Gasteiger partial charge on any atom is 0.357 e. The second-order valence-corrected chi connectivity index (χ2v) is 4.25. The van der Waals surface area contributed by atoms with E-state index in [4.69, 9.17) is 16.7 Å². The number of benzene rings is 1. The average molecular weight is 250 g/mol. The first-order valence-electron chi connectivity index (χ1n) is 4.95. The lowest BCUT2D eigenvalue weighted by molar-refractivity contribution is 0.0691. The Morgan fingerprint density at radius 3 is 3.00 bits per heavy atom. The van der Waals surface area contributed by atoms with E-state index in [-0.39, 0.29) is 5.69 Å². The number of aromatic nitrogens is 3. The van der Waals surface area contributed by atoms with Gasteiger partial charge >= 0.3 is 5.97 Å². The molecule has 2 N–H and O–H groups in total. The predicted molar refractivity (Wildman–Crippen MR) is 64.5 cm³/mol. The Morgan fingerprint density at radius 1 is 1.53 bits per heavy atom. The number of hydrogen-bond donors (Lipinski definition) is 2. The van der Waals surface area contributed by atoms with Crippen LogP contribution in [-0.4, -0.2) is 25.8 Å². The van der Waals surface area contributed by atoms with Crippen molar-refractivity contribution in [3.05, 3.63) is 28.9 Å². The summed E-state index contributed by atoms with van der Waals surface area (Å²) in [5.74, 6) is -1.04. The number of H-pyrrole nitrogens is 1. The molecule has 17 heavy (non-hydrogen) atoms. The minimum atomic E-state index is -1.04. The Kier molecular flexibility index (Phi) is 1.94. The van der Waals surface area contributed by atoms with E-state index in [9.17, 15) is 4.79 Å². The number of carboxylic acids is 1. The first-order chi connectivity index (χ1) is 8.08. The van der Waals surface area contributed by atoms with Gasteiger partial charge in [-0.3, -0.25) is 4.68 Å². The minimum absolute atomic E-state index is 0.0519. The van der Waals surface area contributed by atoms with Crippen molar-refractivity contribution < 1.29 is 9.90 Å². The third-order valence-corrected chi connectivity index (χ3v) is 2.99. The molecule has 0 saturated carbocycles. The van der Waals surface area contributed by atoms with Crippen LogP contribution in [-0.2, 0) is 7.05 Å². The molecule has 2 aromatic heterocycles. The number of hydrogen-bond acceptors (Lipinski definition) is 2. The van der Waals surface area contributed by atoms with E-state index in [0.29, 0.717) is 16.1 Å². The number of aromatic carboxylic acids is 1. The van der Waals surface area contributed by atoms with Crippen LogP contribution >= 0.6 is 11.6 Å². The lowest BCUT2D eigenvalue weighted by atomic mass is 10.2. The van der Waals surface area contributed by atoms with Gasteiger partial charge in [0.15, 0.2) is 5.69 Å². The number of carboxylic acid groups (broad SMARTS) is 1. The molecule has 3 aromatic rings. The monoisotopic (exact) mass is 249 g/mol. The standard InChI is InChI=1S/C11H8ClN3O2/c1-15-10-8(9(14-15)11(16)17)6-3-2-5(12)4-7(6)13-10/h2-4,13H,1H3,(H,16,17). The fourth-order valence-corrected chi connectivity index (χ4v) is 2.21. The molecule has 5 nitrogen and oxygen atoms in total. The highest BCUT2D eigenvalue weighted by molar-refractivity contribution is 6.31. The van der Waals surface area contributed by atoms with E-state index in [1.165, 1.54) is 4.68 Å². The quantitative estimate of drug-likeness (QED) is 0.696. The molecule has 0 saturated heterocycles. The number of aryl methyl sites for hydroxylation is 1. The molecule has 1 aromatic carbocycles. The molecule has 0 aliphatic rings. The van der Waals surface area contributed by atoms with Gasteiger partial charge in [0.1, 0.15) is 5.65 Å². The van der Waals surface area contributed by atoms with Crippen LogP contribution in [0.15, 0.2) is 18.2 Å². The van der Waals surface area contributed by atoms with Gasteiger partial charge in [0.2, 0.25) is 0 Å². The van der Waals surface area contributed by atoms with Crippen molar-refractivity contribution in [3.63, 3.8) is 0 Å². The van der Waals surface area contributed by atoms with Crippen LogP contribution in [0.4, 0.5) is 0 Å². The van der Waals surface area contributed by atoms with Crippen molar-refractivity contribution in [2.24, 2.45) is 7.05 Å². The molecular formula is C11H8ClN3O2. The van der Waals surface area contributed by atoms with Crippen molar-refractivity contribution >= 4 is 39.5 Å². The van der Waals surface area contributed by atoms with Crippen molar-refractivity contribution in [2.45, 2.75) is 0 Å². The van der Waals surface area contributed by atoms with Crippen molar-refractivity contribution in [1.29, 1.82) is 0 Å². The van der Waals surface area contributed by atoms with E-state index in [2.05, 4.69) is 10.1 Å². The highest BCUT2D eigenvalue weighted by Crippen LogP contribution is 2.29. The summed E-state index contributed by atoms with van der Waals surface area (Å²) >= 11 is 5.90. The maximum atomic E-state index is 11.1. The molecule has 0 bridgehead atoms. The fraction of sp³-hybridized carbons (Fsp3) is 0.0909. The Bertz CT molecular complexity index is 757. The lowest BCUT2D eigenvalue weighted by Gasteiger charge is -1.93. The second-order valence-electron chi connectivity index (χ2n) is 3.82. The van der Waals surface area contributed by atoms with E-state index in [1.54, 1.807) is 25.2 Å². The van der Waals surface area contributed by atoms with Gasteiger partial charge in [-0.05, 0) is 12.1 Å². The highest BCUT2D eigenvalue weighted by atomic mass is 35.5. The number of aromatic amines is 1. The van der Waals surface area contributed by atoms with Gasteiger partial charge in [-0.2, -0.15) is 5.10 Å². The topological polar surface area (TPSA) is 70.9 Å². The van der Waals surface area contributed by atoms with E-state index in [0.717, 1.165) is 10.9 Å². The van der Waals surface area contributed by atoms with Gasteiger partial charge in [-0.15, -0.1) is 0 Å². The molecule has 3 rings (SSSR count). The van der Waals surface area contributed by atoms with Gasteiger partial charge < -0.3 is 10.1 Å². The van der Waals surface area contributed by atoms with E-state index >= 15 is 0 Å². The fourth-order valence-electron chi connectivity index (χ4n) is 2.04. The van der Waals surface area contributed by atoms with Crippen LogP contribution in [0.3, 0.4) is 0 Å². The summed E-state index contributed by atoms with van der Waals surface area (Å²) in [4.78, 5) is 14.2. The summed E-state index contributed by atoms with van der Waals surface area (Å²) in [5, 5.41) is 15.1. The molecule has 0 aliphatic carbocycles. The maximum absolute atomic E-state index is 11.1. The summed E-state index contributed by atoms with van der Waals surface area (Å²) < 4.78 is 1.52. The van der Waals surface area contributed by atoms with Crippen molar-refractivity contribution in [2.75, 3.05) is 0 Å². The first kappa shape index (κ1) is 10.2. The lowest BCUT2D eigenvalue weighted by Crippen LogP contribution is -1.99. The predicted octanol–water partition coefficient (Wildman–Crippen LogP) is 2.41. The van der Waals surface area contributed by atoms with Crippen LogP contribution in [0.25, 0.3) is 21.9 Å². The number of nitrogens with zero attached hydrogens (tertiary/aromatic N) is 2. The highest BCUT2D eigenvalue weighted by Gasteiger charge is 2.19. The summed E-state index contributed by atoms with van der Waals surface area (Å²) in [6, 6.07) is 5.29. The molecule has 0 atom stereocenters. The molecule has 2 heterocycles. The van der Waals surface area contributed by atoms with Crippen molar-refractivity contribution in [3.8, 4) is 0 Å². The van der Waals surface area contributed by atoms with Crippen molar-refractivity contribution in [1.82, 2.24) is 14.8 Å². The molecule has 86 valence electrons. The summed E-state index contributed by atoms with van der Waals surface area (Å²) in [6.45, 7) is 0. The summed E-state index contributed by atoms with van der Waals surface area (Å²) in [6.07, 6.45) is 0. The molecule has 0 amide bonds. The molecule has 6 heteroatoms. The Balaban J connectivity index is 2.54. The molecule has 0 spiro atoms. The SMILES string of the molecule is Cn1nc(C(=O)O)c2c3ccc(Cl)cc3[nH]c21. The van der Waals surface area contributed by atoms with Gasteiger partial charge in [-0.25, -0.2) is 4.79 Å². The first-order valence-corrected chi connectivity index (χ1v) is 5.33. The number of carbonyl (C=O) groups is 1. The summed E-state index contributed by atoms with van der Waals surface area (Å²) in [5.41, 5.74) is 1.54. The van der Waals surface area contributed by atoms with Gasteiger partial charge in [-0.1, -0.05) is 17.7 Å². The van der Waals surface area contributed by atoms with Crippen LogP contribution in [0.2, 0.25) is 5.02 Å². The number of fused-ring (bicyclic) bond motifs is 3. The summed E-state index contributed by atoms with van der Waals surface area (Å²) in [7, 11) is 1.70. The number of rotatable bonds is 1. The molecule has 0 fully saturated rings. The smallest absolute Gasteiger partial charge is 0.357 e. The Morgan fingerprint density at radius 2 is 2.29 bits per heavy atom. The minimum Gasteiger partial charge on any atom is -0.476 e. The van der Waals surface area contributed by atoms with Crippen LogP contribution in [0.1, 0.15) is 10.5 Å². The number of halogens is 1. The van der Waals surface area contributed by atoms with E-state index in [1.807, 2.05) is 0 Å². The zero-order chi connectivity index (χ0) is 12.2. The molecule has 0 radical (unpaired) electrons. The van der Waals surface area contributed by atoms with Gasteiger partial charge in [0, 0.05) is 23.0 Å². The van der Waals surface area contributed by atoms with Gasteiger partial charge in [0.05, 0.1) is 5.39 Å². The third-order valence-electron chi connectivity index (χ3n) is 2.75. The van der Waals surface area contributed by atoms with Crippen LogP contribution < -0.4 is 0 Å². The van der Waals surface area contributed by atoms with Crippen LogP contribution in [0.5, 0.6) is 0 Å². The molecular weight excluding hydrogens is 242 g/mol. The normalized spacial score (nSPS) is 11.4.